The van der Waals surface area contributed by atoms with E-state index in [9.17, 15) is 9.18 Å². The lowest BCUT2D eigenvalue weighted by Gasteiger charge is -2.12. The highest BCUT2D eigenvalue weighted by Gasteiger charge is 2.18. The zero-order chi connectivity index (χ0) is 16.2. The van der Waals surface area contributed by atoms with Crippen LogP contribution < -0.4 is 14.8 Å². The van der Waals surface area contributed by atoms with E-state index in [4.69, 9.17) is 9.47 Å². The van der Waals surface area contributed by atoms with Crippen molar-refractivity contribution in [2.24, 2.45) is 0 Å². The molecule has 120 valence electrons. The molecule has 0 aromatic heterocycles. The molecule has 0 aliphatic carbocycles. The molecule has 0 bridgehead atoms. The summed E-state index contributed by atoms with van der Waals surface area (Å²) in [5.41, 5.74) is 1.42. The van der Waals surface area contributed by atoms with Gasteiger partial charge in [-0.15, -0.1) is 0 Å². The molecule has 2 aromatic carbocycles. The van der Waals surface area contributed by atoms with E-state index in [1.165, 1.54) is 6.07 Å². The van der Waals surface area contributed by atoms with Crippen LogP contribution in [0.4, 0.5) is 4.39 Å². The van der Waals surface area contributed by atoms with Crippen LogP contribution in [-0.2, 0) is 17.8 Å². The van der Waals surface area contributed by atoms with E-state index in [-0.39, 0.29) is 18.5 Å². The van der Waals surface area contributed by atoms with Crippen molar-refractivity contribution in [2.75, 3.05) is 6.79 Å². The van der Waals surface area contributed by atoms with Gasteiger partial charge >= 0.3 is 0 Å². The Morgan fingerprint density at radius 1 is 1.22 bits per heavy atom. The maximum Gasteiger partial charge on any atom is 0.234 e. The molecule has 1 atom stereocenters. The van der Waals surface area contributed by atoms with Gasteiger partial charge in [0.2, 0.25) is 12.7 Å². The molecular weight excluding hydrogens is 365 g/mol. The monoisotopic (exact) mass is 379 g/mol. The van der Waals surface area contributed by atoms with Gasteiger partial charge in [-0.05, 0) is 35.7 Å². The fourth-order valence-corrected chi connectivity index (χ4v) is 2.81. The highest BCUT2D eigenvalue weighted by Crippen LogP contribution is 2.32. The van der Waals surface area contributed by atoms with E-state index in [0.717, 1.165) is 5.56 Å². The lowest BCUT2D eigenvalue weighted by Crippen LogP contribution is -2.32. The molecule has 3 rings (SSSR count). The number of carbonyl (C=O) groups excluding carboxylic acids is 1. The molecule has 1 unspecified atom stereocenters. The summed E-state index contributed by atoms with van der Waals surface area (Å²) >= 11 is 3.31. The van der Waals surface area contributed by atoms with Crippen LogP contribution in [0.5, 0.6) is 11.5 Å². The van der Waals surface area contributed by atoms with Crippen molar-refractivity contribution in [1.29, 1.82) is 0 Å². The lowest BCUT2D eigenvalue weighted by atomic mass is 10.1. The molecule has 23 heavy (non-hydrogen) atoms. The summed E-state index contributed by atoms with van der Waals surface area (Å²) in [6, 6.07) is 12.0. The number of fused-ring (bicyclic) bond motifs is 1. The maximum absolute atomic E-state index is 13.6. The molecule has 4 nitrogen and oxygen atoms in total. The number of amides is 1. The summed E-state index contributed by atoms with van der Waals surface area (Å²) in [7, 11) is 0. The van der Waals surface area contributed by atoms with Crippen LogP contribution in [0.15, 0.2) is 42.5 Å². The number of nitrogens with one attached hydrogen (secondary N) is 1. The highest BCUT2D eigenvalue weighted by atomic mass is 79.9. The molecule has 6 heteroatoms. The second-order valence-corrected chi connectivity index (χ2v) is 6.27. The summed E-state index contributed by atoms with van der Waals surface area (Å²) in [5.74, 6) is 0.892. The Balaban J connectivity index is 1.55. The number of benzene rings is 2. The van der Waals surface area contributed by atoms with E-state index in [0.29, 0.717) is 30.0 Å². The van der Waals surface area contributed by atoms with Crippen molar-refractivity contribution < 1.29 is 18.7 Å². The van der Waals surface area contributed by atoms with Crippen LogP contribution in [0.25, 0.3) is 0 Å². The zero-order valence-corrected chi connectivity index (χ0v) is 13.8. The van der Waals surface area contributed by atoms with Crippen molar-refractivity contribution >= 4 is 21.8 Å². The minimum atomic E-state index is -0.492. The Kier molecular flexibility index (Phi) is 4.81. The Labute approximate surface area is 141 Å². The third-order valence-corrected chi connectivity index (χ3v) is 4.28. The summed E-state index contributed by atoms with van der Waals surface area (Å²) < 4.78 is 24.2. The van der Waals surface area contributed by atoms with Crippen molar-refractivity contribution in [3.05, 3.63) is 59.4 Å². The van der Waals surface area contributed by atoms with Gasteiger partial charge in [0.05, 0.1) is 4.83 Å². The number of hydrogen-bond acceptors (Lipinski definition) is 3. The number of carbonyl (C=O) groups is 1. The van der Waals surface area contributed by atoms with Crippen molar-refractivity contribution in [2.45, 2.75) is 17.8 Å². The third-order valence-electron chi connectivity index (χ3n) is 3.55. The van der Waals surface area contributed by atoms with Gasteiger partial charge in [0.15, 0.2) is 11.5 Å². The van der Waals surface area contributed by atoms with Crippen LogP contribution in [0, 0.1) is 5.82 Å². The quantitative estimate of drug-likeness (QED) is 0.811. The van der Waals surface area contributed by atoms with Crippen LogP contribution in [0.3, 0.4) is 0 Å². The molecule has 2 aromatic rings. The van der Waals surface area contributed by atoms with Gasteiger partial charge < -0.3 is 14.8 Å². The van der Waals surface area contributed by atoms with Crippen molar-refractivity contribution in [3.63, 3.8) is 0 Å². The Hall–Kier alpha value is -2.08. The maximum atomic E-state index is 13.6. The average Bonchev–Trinajstić information content (AvgIpc) is 3.02. The molecule has 1 amide bonds. The number of hydrogen-bond donors (Lipinski definition) is 1. The zero-order valence-electron chi connectivity index (χ0n) is 12.2. The SMILES string of the molecule is O=C(NCc1ccc2c(c1)OCO2)C(Br)Cc1ccccc1F. The van der Waals surface area contributed by atoms with Gasteiger partial charge in [0.1, 0.15) is 5.82 Å². The Morgan fingerprint density at radius 2 is 2.00 bits per heavy atom. The second-order valence-electron chi connectivity index (χ2n) is 5.17. The summed E-state index contributed by atoms with van der Waals surface area (Å²) in [4.78, 5) is 11.6. The van der Waals surface area contributed by atoms with Gasteiger partial charge in [0, 0.05) is 6.54 Å². The molecule has 0 spiro atoms. The fourth-order valence-electron chi connectivity index (χ4n) is 2.30. The predicted octanol–water partition coefficient (Wildman–Crippen LogP) is 3.18. The molecule has 1 aliphatic rings. The van der Waals surface area contributed by atoms with Gasteiger partial charge in [0.25, 0.3) is 0 Å². The van der Waals surface area contributed by atoms with Crippen LogP contribution in [0.1, 0.15) is 11.1 Å². The number of ether oxygens (including phenoxy) is 2. The minimum Gasteiger partial charge on any atom is -0.454 e. The molecule has 1 N–H and O–H groups in total. The van der Waals surface area contributed by atoms with E-state index < -0.39 is 4.83 Å². The summed E-state index contributed by atoms with van der Waals surface area (Å²) in [6.07, 6.45) is 0.291. The highest BCUT2D eigenvalue weighted by molar-refractivity contribution is 9.10. The van der Waals surface area contributed by atoms with Crippen LogP contribution >= 0.6 is 15.9 Å². The first-order valence-corrected chi connectivity index (χ1v) is 8.09. The average molecular weight is 380 g/mol. The van der Waals surface area contributed by atoms with Gasteiger partial charge in [-0.25, -0.2) is 4.39 Å². The predicted molar refractivity (Wildman–Crippen MR) is 87.2 cm³/mol. The topological polar surface area (TPSA) is 47.6 Å². The number of halogens is 2. The summed E-state index contributed by atoms with van der Waals surface area (Å²) in [5, 5.41) is 2.82. The van der Waals surface area contributed by atoms with Gasteiger partial charge in [-0.2, -0.15) is 0 Å². The van der Waals surface area contributed by atoms with E-state index in [1.54, 1.807) is 18.2 Å². The first kappa shape index (κ1) is 15.8. The van der Waals surface area contributed by atoms with E-state index in [2.05, 4.69) is 21.2 Å². The fraction of sp³-hybridized carbons (Fsp3) is 0.235. The summed E-state index contributed by atoms with van der Waals surface area (Å²) in [6.45, 7) is 0.589. The molecule has 0 radical (unpaired) electrons. The van der Waals surface area contributed by atoms with E-state index >= 15 is 0 Å². The molecular formula is C17H15BrFNO3. The first-order valence-electron chi connectivity index (χ1n) is 7.17. The first-order chi connectivity index (χ1) is 11.1. The van der Waals surface area contributed by atoms with Gasteiger partial charge in [-0.1, -0.05) is 40.2 Å². The number of rotatable bonds is 5. The molecule has 1 heterocycles. The van der Waals surface area contributed by atoms with Crippen molar-refractivity contribution in [3.8, 4) is 11.5 Å². The standard InChI is InChI=1S/C17H15BrFNO3/c18-13(8-12-3-1-2-4-14(12)19)17(21)20-9-11-5-6-15-16(7-11)23-10-22-15/h1-7,13H,8-10H2,(H,20,21). The van der Waals surface area contributed by atoms with Crippen LogP contribution in [0.2, 0.25) is 0 Å². The normalized spacial score (nSPS) is 13.7. The molecule has 0 saturated heterocycles. The molecule has 0 fully saturated rings. The lowest BCUT2D eigenvalue weighted by molar-refractivity contribution is -0.120. The van der Waals surface area contributed by atoms with Crippen LogP contribution in [-0.4, -0.2) is 17.5 Å². The van der Waals surface area contributed by atoms with Gasteiger partial charge in [-0.3, -0.25) is 4.79 Å². The Morgan fingerprint density at radius 3 is 2.83 bits per heavy atom. The minimum absolute atomic E-state index is 0.189. The van der Waals surface area contributed by atoms with Crippen molar-refractivity contribution in [1.82, 2.24) is 5.32 Å². The Bertz CT molecular complexity index is 723. The van der Waals surface area contributed by atoms with E-state index in [1.807, 2.05) is 18.2 Å². The second kappa shape index (κ2) is 7.00. The largest absolute Gasteiger partial charge is 0.454 e. The number of alkyl halides is 1. The third kappa shape index (κ3) is 3.82. The smallest absolute Gasteiger partial charge is 0.234 e. The molecule has 0 saturated carbocycles. The molecule has 1 aliphatic heterocycles.